The zero-order valence-corrected chi connectivity index (χ0v) is 20.4. The standard InChI is InChI=1S/C23H23NOP.C5H5.Fe/c1-17(2)21-16-25-23(24-21)20-14-9-15-22(20)26(18-10-5-3-6-11-18)19-12-7-4-8-13-19;1-2-4-5-3-1;/h3-15,17,21H,16H2,1-2H3;1-5H;/t21-;;/m0../s1. The summed E-state index contributed by atoms with van der Waals surface area (Å²) in [6.45, 7) is 5.09. The number of hydrogen-bond donors (Lipinski definition) is 0. The minimum atomic E-state index is -0.636. The van der Waals surface area contributed by atoms with Gasteiger partial charge in [-0.05, 0) is 75.8 Å². The molecule has 0 aromatic heterocycles. The molecule has 0 spiro atoms. The van der Waals surface area contributed by atoms with Crippen LogP contribution in [-0.4, -0.2) is 18.5 Å². The Bertz CT molecular complexity index is 775. The van der Waals surface area contributed by atoms with Crippen LogP contribution in [0.25, 0.3) is 0 Å². The van der Waals surface area contributed by atoms with Crippen LogP contribution >= 0.6 is 7.92 Å². The van der Waals surface area contributed by atoms with Gasteiger partial charge in [0, 0.05) is 22.7 Å². The van der Waals surface area contributed by atoms with Gasteiger partial charge in [-0.3, -0.25) is 0 Å². The molecular formula is C28H28FeNOP. The summed E-state index contributed by atoms with van der Waals surface area (Å²) in [5.41, 5.74) is 1.32. The Hall–Kier alpha value is -1.14. The molecule has 2 saturated carbocycles. The normalized spacial score (nSPS) is 21.1. The van der Waals surface area contributed by atoms with Gasteiger partial charge in [0.1, 0.15) is 6.61 Å². The molecule has 0 unspecified atom stereocenters. The van der Waals surface area contributed by atoms with Crippen molar-refractivity contribution in [3.05, 3.63) is 124 Å². The van der Waals surface area contributed by atoms with E-state index < -0.39 is 7.92 Å². The molecule has 1 atom stereocenters. The van der Waals surface area contributed by atoms with E-state index in [2.05, 4.69) is 93.8 Å². The molecule has 3 aliphatic rings. The van der Waals surface area contributed by atoms with Crippen LogP contribution in [0.4, 0.5) is 0 Å². The Morgan fingerprint density at radius 1 is 0.781 bits per heavy atom. The smallest absolute Gasteiger partial charge is 0.192 e. The zero-order valence-electron chi connectivity index (χ0n) is 18.4. The van der Waals surface area contributed by atoms with Gasteiger partial charge in [0.15, 0.2) is 5.90 Å². The van der Waals surface area contributed by atoms with Gasteiger partial charge >= 0.3 is 0 Å². The number of hydrogen-bond acceptors (Lipinski definition) is 2. The van der Waals surface area contributed by atoms with Crippen LogP contribution in [0.5, 0.6) is 0 Å². The SMILES string of the molecule is CC(C)[C@@H]1COC([C]2[CH][CH][CH][C]2P(c2ccccc2)c2ccccc2)=N1.[CH]1[CH][CH][CH][CH]1.[Fe]. The summed E-state index contributed by atoms with van der Waals surface area (Å²) in [5.74, 6) is 2.45. The van der Waals surface area contributed by atoms with Crippen LogP contribution in [0.15, 0.2) is 65.7 Å². The number of aliphatic imine (C=N–C) groups is 1. The van der Waals surface area contributed by atoms with Crippen LogP contribution in [0, 0.1) is 68.9 Å². The van der Waals surface area contributed by atoms with Gasteiger partial charge in [0.2, 0.25) is 0 Å². The minimum Gasteiger partial charge on any atom is -0.478 e. The molecule has 2 aromatic rings. The van der Waals surface area contributed by atoms with E-state index in [1.165, 1.54) is 16.3 Å². The molecule has 5 rings (SSSR count). The molecule has 2 aliphatic carbocycles. The Balaban J connectivity index is 0.000000427. The largest absolute Gasteiger partial charge is 0.478 e. The van der Waals surface area contributed by atoms with Crippen LogP contribution in [-0.2, 0) is 21.8 Å². The number of nitrogens with zero attached hydrogens (tertiary/aromatic N) is 1. The molecule has 2 aromatic carbocycles. The Morgan fingerprint density at radius 3 is 1.78 bits per heavy atom. The van der Waals surface area contributed by atoms with E-state index >= 15 is 0 Å². The molecule has 164 valence electrons. The van der Waals surface area contributed by atoms with E-state index in [1.54, 1.807) is 0 Å². The molecule has 4 heteroatoms. The van der Waals surface area contributed by atoms with Gasteiger partial charge in [-0.25, -0.2) is 4.99 Å². The molecule has 2 fully saturated rings. The van der Waals surface area contributed by atoms with E-state index in [1.807, 2.05) is 32.1 Å². The molecule has 10 radical (unpaired) electrons. The molecule has 2 nitrogen and oxygen atoms in total. The van der Waals surface area contributed by atoms with Crippen molar-refractivity contribution in [1.82, 2.24) is 0 Å². The average molecular weight is 481 g/mol. The van der Waals surface area contributed by atoms with Crippen molar-refractivity contribution in [2.75, 3.05) is 6.61 Å². The molecule has 0 saturated heterocycles. The second-order valence-corrected chi connectivity index (χ2v) is 10.0. The maximum Gasteiger partial charge on any atom is 0.192 e. The summed E-state index contributed by atoms with van der Waals surface area (Å²) in [6.07, 6.45) is 16.5. The van der Waals surface area contributed by atoms with Gasteiger partial charge < -0.3 is 4.74 Å². The van der Waals surface area contributed by atoms with E-state index in [-0.39, 0.29) is 23.1 Å². The average Bonchev–Trinajstić information content (AvgIpc) is 3.58. The topological polar surface area (TPSA) is 21.6 Å². The summed E-state index contributed by atoms with van der Waals surface area (Å²) in [5, 5.41) is 2.69. The number of benzene rings is 2. The molecule has 1 heterocycles. The van der Waals surface area contributed by atoms with Crippen molar-refractivity contribution in [2.24, 2.45) is 10.9 Å². The molecule has 1 aliphatic heterocycles. The van der Waals surface area contributed by atoms with Gasteiger partial charge in [-0.1, -0.05) is 74.5 Å². The predicted molar refractivity (Wildman–Crippen MR) is 132 cm³/mol. The number of ether oxygens (including phenoxy) is 1. The van der Waals surface area contributed by atoms with E-state index in [9.17, 15) is 0 Å². The third-order valence-corrected chi connectivity index (χ3v) is 7.79. The van der Waals surface area contributed by atoms with Crippen molar-refractivity contribution in [2.45, 2.75) is 19.9 Å². The third-order valence-electron chi connectivity index (χ3n) is 5.29. The first kappa shape index (κ1) is 25.5. The first-order chi connectivity index (χ1) is 15.2. The van der Waals surface area contributed by atoms with Crippen LogP contribution in [0.1, 0.15) is 13.8 Å². The van der Waals surface area contributed by atoms with Crippen molar-refractivity contribution in [1.29, 1.82) is 0 Å². The van der Waals surface area contributed by atoms with Crippen LogP contribution in [0.2, 0.25) is 0 Å². The summed E-state index contributed by atoms with van der Waals surface area (Å²) in [7, 11) is -0.636. The summed E-state index contributed by atoms with van der Waals surface area (Å²) < 4.78 is 5.99. The molecule has 0 amide bonds. The van der Waals surface area contributed by atoms with Gasteiger partial charge in [0.25, 0.3) is 0 Å². The van der Waals surface area contributed by atoms with Crippen molar-refractivity contribution in [3.8, 4) is 0 Å². The maximum atomic E-state index is 5.99. The second-order valence-electron chi connectivity index (χ2n) is 7.85. The third kappa shape index (κ3) is 6.47. The van der Waals surface area contributed by atoms with E-state index in [0.29, 0.717) is 12.5 Å². The first-order valence-corrected chi connectivity index (χ1v) is 12.1. The van der Waals surface area contributed by atoms with Gasteiger partial charge in [-0.2, -0.15) is 0 Å². The monoisotopic (exact) mass is 481 g/mol. The Morgan fingerprint density at radius 2 is 1.31 bits per heavy atom. The summed E-state index contributed by atoms with van der Waals surface area (Å²) in [4.78, 5) is 4.87. The fourth-order valence-corrected chi connectivity index (χ4v) is 6.01. The first-order valence-electron chi connectivity index (χ1n) is 10.8. The fourth-order valence-electron chi connectivity index (χ4n) is 3.57. The van der Waals surface area contributed by atoms with Gasteiger partial charge in [-0.15, -0.1) is 0 Å². The summed E-state index contributed by atoms with van der Waals surface area (Å²) in [6, 6.07) is 21.8. The van der Waals surface area contributed by atoms with Crippen LogP contribution < -0.4 is 10.6 Å². The van der Waals surface area contributed by atoms with Crippen molar-refractivity contribution in [3.63, 3.8) is 0 Å². The molecule has 0 bridgehead atoms. The van der Waals surface area contributed by atoms with Crippen molar-refractivity contribution < 1.29 is 21.8 Å². The van der Waals surface area contributed by atoms with Crippen molar-refractivity contribution >= 4 is 24.4 Å². The molecule has 0 N–H and O–H groups in total. The Labute approximate surface area is 206 Å². The predicted octanol–water partition coefficient (Wildman–Crippen LogP) is 5.32. The van der Waals surface area contributed by atoms with Crippen LogP contribution in [0.3, 0.4) is 0 Å². The molecular weight excluding hydrogens is 453 g/mol. The summed E-state index contributed by atoms with van der Waals surface area (Å²) >= 11 is 0. The molecule has 32 heavy (non-hydrogen) atoms. The van der Waals surface area contributed by atoms with Gasteiger partial charge in [0.05, 0.1) is 12.0 Å². The maximum absolute atomic E-state index is 5.99. The minimum absolute atomic E-state index is 0. The van der Waals surface area contributed by atoms with E-state index in [4.69, 9.17) is 9.73 Å². The fraction of sp³-hybridized carbons (Fsp3) is 0.179. The zero-order chi connectivity index (χ0) is 21.5. The second kappa shape index (κ2) is 12.9. The Kier molecular flexibility index (Phi) is 10.3. The van der Waals surface area contributed by atoms with E-state index in [0.717, 1.165) is 11.8 Å². The number of rotatable bonds is 5. The quantitative estimate of drug-likeness (QED) is 0.418.